The third-order valence-electron chi connectivity index (χ3n) is 5.86. The van der Waals surface area contributed by atoms with Gasteiger partial charge in [0, 0.05) is 12.1 Å². The van der Waals surface area contributed by atoms with Crippen molar-refractivity contribution in [1.29, 1.82) is 0 Å². The zero-order valence-corrected chi connectivity index (χ0v) is 12.2. The van der Waals surface area contributed by atoms with E-state index in [4.69, 9.17) is 0 Å². The van der Waals surface area contributed by atoms with Crippen molar-refractivity contribution in [3.05, 3.63) is 29.3 Å². The molecule has 1 saturated heterocycles. The highest BCUT2D eigenvalue weighted by atomic mass is 16.3. The summed E-state index contributed by atoms with van der Waals surface area (Å²) >= 11 is 0. The maximum absolute atomic E-state index is 9.66. The Morgan fingerprint density at radius 1 is 1.00 bits per heavy atom. The molecular weight excluding hydrogens is 246 g/mol. The van der Waals surface area contributed by atoms with Crippen LogP contribution in [0.4, 0.5) is 0 Å². The van der Waals surface area contributed by atoms with Crippen molar-refractivity contribution in [2.75, 3.05) is 6.54 Å². The molecule has 0 bridgehead atoms. The van der Waals surface area contributed by atoms with E-state index in [9.17, 15) is 5.11 Å². The van der Waals surface area contributed by atoms with E-state index in [1.54, 1.807) is 0 Å². The van der Waals surface area contributed by atoms with Crippen LogP contribution in [0.5, 0.6) is 5.75 Å². The molecule has 0 amide bonds. The van der Waals surface area contributed by atoms with Crippen LogP contribution in [0.1, 0.15) is 62.1 Å². The second kappa shape index (κ2) is 5.07. The van der Waals surface area contributed by atoms with Gasteiger partial charge >= 0.3 is 0 Å². The SMILES string of the molecule is Oc1ccc2c(c1)CCC2N1CCCC1C1CCCC1. The van der Waals surface area contributed by atoms with Gasteiger partial charge < -0.3 is 5.11 Å². The largest absolute Gasteiger partial charge is 0.508 e. The highest BCUT2D eigenvalue weighted by molar-refractivity contribution is 5.40. The minimum Gasteiger partial charge on any atom is -0.508 e. The molecule has 1 heterocycles. The predicted octanol–water partition coefficient (Wildman–Crippen LogP) is 4.03. The fourth-order valence-corrected chi connectivity index (χ4v) is 4.98. The summed E-state index contributed by atoms with van der Waals surface area (Å²) in [5.74, 6) is 1.39. The molecule has 3 aliphatic rings. The number of aryl methyl sites for hydroxylation is 1. The van der Waals surface area contributed by atoms with Gasteiger partial charge in [0.2, 0.25) is 0 Å². The predicted molar refractivity (Wildman–Crippen MR) is 80.9 cm³/mol. The number of fused-ring (bicyclic) bond motifs is 1. The van der Waals surface area contributed by atoms with E-state index in [2.05, 4.69) is 11.0 Å². The van der Waals surface area contributed by atoms with Gasteiger partial charge in [-0.3, -0.25) is 4.90 Å². The number of phenolic OH excluding ortho intramolecular Hbond substituents is 1. The molecule has 1 N–H and O–H groups in total. The van der Waals surface area contributed by atoms with E-state index in [1.165, 1.54) is 62.6 Å². The van der Waals surface area contributed by atoms with Gasteiger partial charge in [-0.25, -0.2) is 0 Å². The van der Waals surface area contributed by atoms with E-state index in [-0.39, 0.29) is 0 Å². The first-order valence-corrected chi connectivity index (χ1v) is 8.40. The third-order valence-corrected chi connectivity index (χ3v) is 5.86. The van der Waals surface area contributed by atoms with Gasteiger partial charge in [0.1, 0.15) is 5.75 Å². The number of hydrogen-bond acceptors (Lipinski definition) is 2. The van der Waals surface area contributed by atoms with Gasteiger partial charge in [-0.2, -0.15) is 0 Å². The first-order chi connectivity index (χ1) is 9.83. The summed E-state index contributed by atoms with van der Waals surface area (Å²) in [6.07, 6.45) is 11.0. The normalized spacial score (nSPS) is 31.0. The molecular formula is C18H25NO. The Bertz CT molecular complexity index is 492. The van der Waals surface area contributed by atoms with Crippen molar-refractivity contribution in [1.82, 2.24) is 4.90 Å². The molecule has 1 saturated carbocycles. The number of nitrogens with zero attached hydrogens (tertiary/aromatic N) is 1. The lowest BCUT2D eigenvalue weighted by atomic mass is 9.94. The Labute approximate surface area is 121 Å². The van der Waals surface area contributed by atoms with Gasteiger partial charge in [0.05, 0.1) is 0 Å². The van der Waals surface area contributed by atoms with Gasteiger partial charge in [0.15, 0.2) is 0 Å². The molecule has 108 valence electrons. The van der Waals surface area contributed by atoms with E-state index < -0.39 is 0 Å². The van der Waals surface area contributed by atoms with Crippen molar-refractivity contribution >= 4 is 0 Å². The Kier molecular flexibility index (Phi) is 3.22. The lowest BCUT2D eigenvalue weighted by molar-refractivity contribution is 0.134. The van der Waals surface area contributed by atoms with Crippen molar-refractivity contribution in [2.24, 2.45) is 5.92 Å². The summed E-state index contributed by atoms with van der Waals surface area (Å²) in [5.41, 5.74) is 2.87. The molecule has 1 aliphatic heterocycles. The number of benzene rings is 1. The minimum absolute atomic E-state index is 0.429. The quantitative estimate of drug-likeness (QED) is 0.877. The van der Waals surface area contributed by atoms with Crippen LogP contribution in [-0.4, -0.2) is 22.6 Å². The molecule has 2 fully saturated rings. The summed E-state index contributed by atoms with van der Waals surface area (Å²) in [5, 5.41) is 9.66. The molecule has 0 aromatic heterocycles. The van der Waals surface area contributed by atoms with Crippen LogP contribution in [0.2, 0.25) is 0 Å². The molecule has 0 spiro atoms. The topological polar surface area (TPSA) is 23.5 Å². The van der Waals surface area contributed by atoms with Crippen LogP contribution in [0, 0.1) is 5.92 Å². The molecule has 2 heteroatoms. The average molecular weight is 271 g/mol. The third kappa shape index (κ3) is 2.05. The number of aromatic hydroxyl groups is 1. The van der Waals surface area contributed by atoms with Crippen LogP contribution in [0.15, 0.2) is 18.2 Å². The molecule has 2 unspecified atom stereocenters. The Morgan fingerprint density at radius 3 is 2.70 bits per heavy atom. The van der Waals surface area contributed by atoms with Gasteiger partial charge in [-0.05, 0) is 74.2 Å². The van der Waals surface area contributed by atoms with E-state index in [0.29, 0.717) is 11.8 Å². The van der Waals surface area contributed by atoms with Crippen molar-refractivity contribution in [2.45, 2.75) is 63.5 Å². The van der Waals surface area contributed by atoms with Crippen LogP contribution in [-0.2, 0) is 6.42 Å². The van der Waals surface area contributed by atoms with E-state index >= 15 is 0 Å². The monoisotopic (exact) mass is 271 g/mol. The van der Waals surface area contributed by atoms with E-state index in [1.807, 2.05) is 12.1 Å². The molecule has 4 rings (SSSR count). The summed E-state index contributed by atoms with van der Waals surface area (Å²) < 4.78 is 0. The molecule has 20 heavy (non-hydrogen) atoms. The number of hydrogen-bond donors (Lipinski definition) is 1. The second-order valence-electron chi connectivity index (χ2n) is 6.93. The Balaban J connectivity index is 1.59. The smallest absolute Gasteiger partial charge is 0.115 e. The standard InChI is InChI=1S/C18H25NO/c20-15-8-9-16-14(12-15)7-10-18(16)19-11-3-6-17(19)13-4-1-2-5-13/h8-9,12-13,17-18,20H,1-7,10-11H2. The molecule has 1 aromatic rings. The maximum Gasteiger partial charge on any atom is 0.115 e. The molecule has 2 aliphatic carbocycles. The highest BCUT2D eigenvalue weighted by Crippen LogP contribution is 2.44. The van der Waals surface area contributed by atoms with Crippen molar-refractivity contribution < 1.29 is 5.11 Å². The van der Waals surface area contributed by atoms with Crippen LogP contribution < -0.4 is 0 Å². The van der Waals surface area contributed by atoms with E-state index in [0.717, 1.165) is 18.4 Å². The Morgan fingerprint density at radius 2 is 1.85 bits per heavy atom. The summed E-state index contributed by atoms with van der Waals surface area (Å²) in [7, 11) is 0. The van der Waals surface area contributed by atoms with Crippen molar-refractivity contribution in [3.63, 3.8) is 0 Å². The Hall–Kier alpha value is -1.02. The summed E-state index contributed by atoms with van der Waals surface area (Å²) in [6.45, 7) is 1.28. The van der Waals surface area contributed by atoms with Gasteiger partial charge in [0.25, 0.3) is 0 Å². The van der Waals surface area contributed by atoms with Crippen LogP contribution in [0.25, 0.3) is 0 Å². The minimum atomic E-state index is 0.429. The lowest BCUT2D eigenvalue weighted by Gasteiger charge is -2.34. The first kappa shape index (κ1) is 12.7. The zero-order valence-electron chi connectivity index (χ0n) is 12.2. The fraction of sp³-hybridized carbons (Fsp3) is 0.667. The molecule has 1 aromatic carbocycles. The lowest BCUT2D eigenvalue weighted by Crippen LogP contribution is -2.36. The number of phenols is 1. The second-order valence-corrected chi connectivity index (χ2v) is 6.93. The van der Waals surface area contributed by atoms with Crippen molar-refractivity contribution in [3.8, 4) is 5.75 Å². The number of rotatable bonds is 2. The number of likely N-dealkylation sites (tertiary alicyclic amines) is 1. The van der Waals surface area contributed by atoms with Crippen LogP contribution >= 0.6 is 0 Å². The summed E-state index contributed by atoms with van der Waals surface area (Å²) in [4.78, 5) is 2.82. The molecule has 0 radical (unpaired) electrons. The summed E-state index contributed by atoms with van der Waals surface area (Å²) in [6, 6.07) is 7.49. The van der Waals surface area contributed by atoms with Gasteiger partial charge in [-0.1, -0.05) is 18.9 Å². The maximum atomic E-state index is 9.66. The molecule has 2 atom stereocenters. The zero-order chi connectivity index (χ0) is 13.5. The van der Waals surface area contributed by atoms with Gasteiger partial charge in [-0.15, -0.1) is 0 Å². The average Bonchev–Trinajstić information content (AvgIpc) is 3.17. The fourth-order valence-electron chi connectivity index (χ4n) is 4.98. The molecule has 2 nitrogen and oxygen atoms in total. The van der Waals surface area contributed by atoms with Crippen LogP contribution in [0.3, 0.4) is 0 Å². The first-order valence-electron chi connectivity index (χ1n) is 8.40. The highest BCUT2D eigenvalue weighted by Gasteiger charge is 2.39.